The van der Waals surface area contributed by atoms with Crippen molar-refractivity contribution in [1.82, 2.24) is 34.2 Å². The molecule has 7 heterocycles. The number of aliphatic hydroxyl groups is 4. The van der Waals surface area contributed by atoms with Crippen LogP contribution < -0.4 is 16.2 Å². The van der Waals surface area contributed by atoms with Crippen LogP contribution >= 0.6 is 7.82 Å². The fourth-order valence-corrected chi connectivity index (χ4v) is 10.8. The number of unbranched alkanes of at least 4 members (excludes halogenated alkanes) is 15. The Labute approximate surface area is 441 Å². The van der Waals surface area contributed by atoms with E-state index in [0.717, 1.165) is 38.3 Å². The van der Waals surface area contributed by atoms with Gasteiger partial charge >= 0.3 is 7.82 Å². The first kappa shape index (κ1) is 57.8. The van der Waals surface area contributed by atoms with Crippen LogP contribution in [0.3, 0.4) is 0 Å². The Bertz CT molecular complexity index is 2710. The van der Waals surface area contributed by atoms with E-state index in [4.69, 9.17) is 44.0 Å². The monoisotopic (exact) mass is 1070 g/mol. The lowest BCUT2D eigenvalue weighted by atomic mass is 9.92. The van der Waals surface area contributed by atoms with Crippen LogP contribution in [0.5, 0.6) is 5.75 Å². The Morgan fingerprint density at radius 1 is 0.684 bits per heavy atom. The zero-order valence-corrected chi connectivity index (χ0v) is 43.6. The Balaban J connectivity index is 1.01. The van der Waals surface area contributed by atoms with Crippen LogP contribution in [0.4, 0.5) is 11.6 Å². The summed E-state index contributed by atoms with van der Waals surface area (Å²) in [6.07, 6.45) is 12.9. The van der Waals surface area contributed by atoms with E-state index in [0.29, 0.717) is 6.61 Å². The fraction of sp³-hybridized carbons (Fsp3) is 0.608. The molecule has 410 valence electrons. The maximum Gasteiger partial charge on any atom is 0.475 e. The molecule has 0 aromatic carbocycles. The average Bonchev–Trinajstić information content (AvgIpc) is 4.23. The van der Waals surface area contributed by atoms with Crippen LogP contribution in [0.25, 0.3) is 11.0 Å². The Hall–Kier alpha value is -5.91. The number of nitriles is 3. The minimum absolute atomic E-state index is 0.00446. The molecule has 2 aliphatic heterocycles. The molecule has 0 amide bonds. The van der Waals surface area contributed by atoms with Crippen LogP contribution in [0, 0.1) is 34.0 Å². The number of nitrogens with zero attached hydrogens (tertiary/aromatic N) is 10. The largest absolute Gasteiger partial charge is 0.484 e. The van der Waals surface area contributed by atoms with Crippen molar-refractivity contribution >= 4 is 30.5 Å². The van der Waals surface area contributed by atoms with Gasteiger partial charge in [-0.3, -0.25) is 18.6 Å². The van der Waals surface area contributed by atoms with Gasteiger partial charge in [0.2, 0.25) is 11.2 Å². The summed E-state index contributed by atoms with van der Waals surface area (Å²) in [6.45, 7) is 0.295. The number of phosphoric acid groups is 1. The minimum Gasteiger partial charge on any atom is -0.484 e. The molecule has 0 aliphatic carbocycles. The molecule has 0 saturated carbocycles. The lowest BCUT2D eigenvalue weighted by molar-refractivity contribution is -0.0756. The molecule has 2 aliphatic rings. The third-order valence-corrected chi connectivity index (χ3v) is 15.2. The highest BCUT2D eigenvalue weighted by molar-refractivity contribution is 7.48. The summed E-state index contributed by atoms with van der Waals surface area (Å²) in [6, 6.07) is 13.2. The zero-order chi connectivity index (χ0) is 54.1. The van der Waals surface area contributed by atoms with E-state index >= 15 is 0 Å². The summed E-state index contributed by atoms with van der Waals surface area (Å²) < 4.78 is 59.2. The molecule has 5 aromatic heterocycles. The first-order chi connectivity index (χ1) is 36.8. The van der Waals surface area contributed by atoms with Crippen LogP contribution in [0.1, 0.15) is 127 Å². The smallest absolute Gasteiger partial charge is 0.475 e. The second kappa shape index (κ2) is 27.4. The predicted molar refractivity (Wildman–Crippen MR) is 272 cm³/mol. The van der Waals surface area contributed by atoms with Gasteiger partial charge in [0.05, 0.1) is 49.6 Å². The van der Waals surface area contributed by atoms with Crippen molar-refractivity contribution in [3.63, 3.8) is 0 Å². The van der Waals surface area contributed by atoms with E-state index in [1.165, 1.54) is 129 Å². The lowest BCUT2D eigenvalue weighted by Crippen LogP contribution is -2.41. The Morgan fingerprint density at radius 2 is 1.16 bits per heavy atom. The molecule has 2 fully saturated rings. The second-order valence-electron chi connectivity index (χ2n) is 19.2. The van der Waals surface area contributed by atoms with Gasteiger partial charge in [-0.25, -0.2) is 23.6 Å². The van der Waals surface area contributed by atoms with Crippen LogP contribution in [-0.2, 0) is 43.5 Å². The Kier molecular flexibility index (Phi) is 20.8. The average molecular weight is 1070 g/mol. The van der Waals surface area contributed by atoms with Crippen molar-refractivity contribution in [2.75, 3.05) is 44.5 Å². The number of ether oxygens (including phenoxy) is 4. The first-order valence-electron chi connectivity index (χ1n) is 26.0. The molecule has 76 heavy (non-hydrogen) atoms. The summed E-state index contributed by atoms with van der Waals surface area (Å²) in [4.78, 5) is 12.0. The maximum absolute atomic E-state index is 14.9. The van der Waals surface area contributed by atoms with Gasteiger partial charge in [0.15, 0.2) is 11.6 Å². The summed E-state index contributed by atoms with van der Waals surface area (Å²) in [5.74, 6) is 0.297. The number of anilines is 2. The number of nitrogen functional groups attached to an aromatic ring is 2. The number of hydrogen-bond donors (Lipinski definition) is 6. The van der Waals surface area contributed by atoms with Crippen LogP contribution in [0.15, 0.2) is 55.4 Å². The van der Waals surface area contributed by atoms with E-state index < -0.39 is 81.6 Å². The number of aromatic nitrogens is 7. The number of fused-ring (bicyclic) bond motifs is 2. The quantitative estimate of drug-likeness (QED) is 0.0230. The number of hydrogen-bond acceptors (Lipinski definition) is 22. The van der Waals surface area contributed by atoms with Crippen molar-refractivity contribution in [1.29, 1.82) is 15.8 Å². The SMILES string of the molecule is CCCCCCCCCCCCCCCCCCOC[C@H](COP(=O)(OC[C@H]1O[C@@](C#N)(c2ccc3c(N)ncnn23)[C@H](O)[C@@H]1O)OC[C@H]1O[C@@](C#N)(c2ccc3c(N)ncnn23)[C@H](O)[C@@H]1O)Oc1cncc(C#N)c1. The molecule has 24 nitrogen and oxygen atoms in total. The number of nitrogens with two attached hydrogens (primary N) is 2. The third kappa shape index (κ3) is 13.6. The molecule has 8 N–H and O–H groups in total. The third-order valence-electron chi connectivity index (χ3n) is 13.8. The maximum atomic E-state index is 14.9. The van der Waals surface area contributed by atoms with Crippen molar-refractivity contribution in [3.8, 4) is 24.0 Å². The summed E-state index contributed by atoms with van der Waals surface area (Å²) in [5.41, 5.74) is 8.29. The second-order valence-corrected chi connectivity index (χ2v) is 20.8. The number of aliphatic hydroxyl groups excluding tert-OH is 4. The predicted octanol–water partition coefficient (Wildman–Crippen LogP) is 5.47. The summed E-state index contributed by atoms with van der Waals surface area (Å²) in [7, 11) is -4.98. The van der Waals surface area contributed by atoms with Crippen molar-refractivity contribution in [2.45, 2.75) is 164 Å². The molecule has 25 heteroatoms. The molecule has 0 spiro atoms. The Morgan fingerprint density at radius 3 is 1.62 bits per heavy atom. The normalized spacial score (nSPS) is 23.9. The van der Waals surface area contributed by atoms with E-state index in [-0.39, 0.29) is 52.0 Å². The van der Waals surface area contributed by atoms with Crippen molar-refractivity contribution in [3.05, 3.63) is 72.3 Å². The highest BCUT2D eigenvalue weighted by Gasteiger charge is 2.59. The van der Waals surface area contributed by atoms with E-state index in [1.807, 2.05) is 18.2 Å². The summed E-state index contributed by atoms with van der Waals surface area (Å²) >= 11 is 0. The highest BCUT2D eigenvalue weighted by atomic mass is 31.2. The standard InChI is InChI=1S/C51H69N12O12P/c1-2-3-4-5-6-7-8-9-10-11-12-13-14-15-16-17-22-69-27-37(73-36-23-35(24-52)25-57-26-36)28-70-76(68,71-29-40-44(64)46(66)50(31-53,74-40)42-20-18-38-48(55)58-33-60-62(38)42)72-30-41-45(65)47(67)51(32-54,75-41)43-21-19-39-49(56)59-34-61-63(39)43/h18-21,23,25-26,33-34,37,40-41,44-47,64-67H,2-17,22,27-30H2,1H3,(H2,55,58,60)(H2,56,59,61)/t37-,40-,41-,44-,45-,46-,47-,50+,51+/m1/s1. The van der Waals surface area contributed by atoms with Gasteiger partial charge in [0.25, 0.3) is 0 Å². The van der Waals surface area contributed by atoms with E-state index in [2.05, 4.69) is 32.1 Å². The molecule has 5 aromatic rings. The fourth-order valence-electron chi connectivity index (χ4n) is 9.54. The lowest BCUT2D eigenvalue weighted by Gasteiger charge is -2.26. The van der Waals surface area contributed by atoms with Gasteiger partial charge in [-0.1, -0.05) is 103 Å². The molecule has 2 saturated heterocycles. The molecular weight excluding hydrogens is 1000 g/mol. The van der Waals surface area contributed by atoms with Gasteiger partial charge in [-0.05, 0) is 30.7 Å². The minimum atomic E-state index is -4.98. The first-order valence-corrected chi connectivity index (χ1v) is 27.5. The number of phosphoric ester groups is 1. The molecule has 0 bridgehead atoms. The van der Waals surface area contributed by atoms with Crippen molar-refractivity contribution < 1.29 is 57.5 Å². The van der Waals surface area contributed by atoms with Crippen LogP contribution in [-0.4, -0.2) is 130 Å². The van der Waals surface area contributed by atoms with Gasteiger partial charge in [-0.15, -0.1) is 0 Å². The topological polar surface area (TPSA) is 359 Å². The highest BCUT2D eigenvalue weighted by Crippen LogP contribution is 2.52. The zero-order valence-electron chi connectivity index (χ0n) is 42.7. The van der Waals surface area contributed by atoms with Gasteiger partial charge in [-0.2, -0.15) is 26.0 Å². The van der Waals surface area contributed by atoms with Gasteiger partial charge < -0.3 is 50.8 Å². The summed E-state index contributed by atoms with van der Waals surface area (Å²) in [5, 5.41) is 84.3. The van der Waals surface area contributed by atoms with Gasteiger partial charge in [0, 0.05) is 18.9 Å². The number of rotatable bonds is 32. The van der Waals surface area contributed by atoms with E-state index in [9.17, 15) is 40.8 Å². The van der Waals surface area contributed by atoms with Crippen LogP contribution in [0.2, 0.25) is 0 Å². The molecule has 9 atom stereocenters. The molecule has 7 rings (SSSR count). The molecule has 0 radical (unpaired) electrons. The van der Waals surface area contributed by atoms with Crippen molar-refractivity contribution in [2.24, 2.45) is 0 Å². The molecular formula is C51H69N12O12P. The van der Waals surface area contributed by atoms with E-state index in [1.54, 1.807) is 0 Å². The number of pyridine rings is 1. The van der Waals surface area contributed by atoms with Gasteiger partial charge in [0.1, 0.15) is 90.4 Å². The molecule has 0 unspecified atom stereocenters.